The summed E-state index contributed by atoms with van der Waals surface area (Å²) in [5.74, 6) is 0.924. The number of nitrogens with two attached hydrogens (primary N) is 1. The number of hydrogen-bond acceptors (Lipinski definition) is 7. The van der Waals surface area contributed by atoms with Crippen LogP contribution in [-0.2, 0) is 0 Å². The molecule has 1 aliphatic heterocycles. The quantitative estimate of drug-likeness (QED) is 0.444. The van der Waals surface area contributed by atoms with Crippen molar-refractivity contribution in [3.05, 3.63) is 75.1 Å². The van der Waals surface area contributed by atoms with Gasteiger partial charge in [0.25, 0.3) is 5.56 Å². The molecule has 1 aromatic carbocycles. The van der Waals surface area contributed by atoms with Gasteiger partial charge in [0.05, 0.1) is 28.0 Å². The summed E-state index contributed by atoms with van der Waals surface area (Å²) in [7, 11) is 0. The van der Waals surface area contributed by atoms with Crippen LogP contribution in [-0.4, -0.2) is 36.5 Å². The number of para-hydroxylation sites is 1. The van der Waals surface area contributed by atoms with Crippen molar-refractivity contribution in [1.82, 2.24) is 24.1 Å². The molecule has 3 aromatic heterocycles. The largest absolute Gasteiger partial charge is 0.368 e. The summed E-state index contributed by atoms with van der Waals surface area (Å²) in [6, 6.07) is 10.6. The molecule has 0 saturated carbocycles. The van der Waals surface area contributed by atoms with Crippen LogP contribution in [0.4, 0.5) is 11.8 Å². The highest BCUT2D eigenvalue weighted by Crippen LogP contribution is 2.39. The normalized spacial score (nSPS) is 15.2. The lowest BCUT2D eigenvalue weighted by molar-refractivity contribution is 0.101. The van der Waals surface area contributed by atoms with E-state index >= 15 is 0 Å². The lowest BCUT2D eigenvalue weighted by Crippen LogP contribution is -2.46. The van der Waals surface area contributed by atoms with E-state index in [1.165, 1.54) is 11.4 Å². The minimum atomic E-state index is -0.291. The van der Waals surface area contributed by atoms with Crippen molar-refractivity contribution >= 4 is 48.2 Å². The molecule has 1 aliphatic rings. The summed E-state index contributed by atoms with van der Waals surface area (Å²) in [5, 5.41) is 5.08. The number of hydrogen-bond donors (Lipinski definition) is 1. The zero-order chi connectivity index (χ0) is 22.6. The van der Waals surface area contributed by atoms with Crippen LogP contribution in [0.1, 0.15) is 41.3 Å². The molecule has 0 spiro atoms. The van der Waals surface area contributed by atoms with Crippen molar-refractivity contribution in [2.24, 2.45) is 0 Å². The Hall–Kier alpha value is -3.37. The molecule has 33 heavy (non-hydrogen) atoms. The van der Waals surface area contributed by atoms with Crippen LogP contribution in [0.3, 0.4) is 0 Å². The maximum Gasteiger partial charge on any atom is 0.284 e. The first-order valence-electron chi connectivity index (χ1n) is 10.1. The van der Waals surface area contributed by atoms with Crippen molar-refractivity contribution in [3.8, 4) is 5.69 Å². The average Bonchev–Trinajstić information content (AvgIpc) is 3.08. The number of carbonyl (C=O) groups is 1. The van der Waals surface area contributed by atoms with Gasteiger partial charge >= 0.3 is 0 Å². The smallest absolute Gasteiger partial charge is 0.284 e. The molecule has 0 unspecified atom stereocenters. The van der Waals surface area contributed by atoms with E-state index in [1.54, 1.807) is 23.8 Å². The van der Waals surface area contributed by atoms with Gasteiger partial charge in [0.1, 0.15) is 11.3 Å². The first-order chi connectivity index (χ1) is 15.4. The number of nitrogens with zero attached hydrogens (tertiary/aromatic N) is 6. The van der Waals surface area contributed by atoms with Gasteiger partial charge in [-0.2, -0.15) is 23.6 Å². The first-order valence-corrected chi connectivity index (χ1v) is 10.5. The van der Waals surface area contributed by atoms with E-state index in [9.17, 15) is 9.59 Å². The van der Waals surface area contributed by atoms with Crippen LogP contribution < -0.4 is 16.2 Å². The molecule has 1 saturated heterocycles. The van der Waals surface area contributed by atoms with Crippen LogP contribution in [0.2, 0.25) is 5.02 Å². The van der Waals surface area contributed by atoms with Crippen LogP contribution in [0.25, 0.3) is 11.2 Å². The highest BCUT2D eigenvalue weighted by Gasteiger charge is 2.37. The average molecular weight is 484 g/mol. The number of benzene rings is 1. The fraction of sp³-hybridized carbons (Fsp3) is 0.227. The Labute approximate surface area is 201 Å². The number of fused-ring (bicyclic) bond motifs is 1. The lowest BCUT2D eigenvalue weighted by atomic mass is 9.99. The molecule has 4 heterocycles. The third-order valence-electron chi connectivity index (χ3n) is 5.71. The summed E-state index contributed by atoms with van der Waals surface area (Å²) < 4.78 is 3.07. The second kappa shape index (κ2) is 8.53. The molecule has 2 N–H and O–H groups in total. The summed E-state index contributed by atoms with van der Waals surface area (Å²) in [6.07, 6.45) is 2.38. The number of Topliss-reactive ketones (excluding diaryl/α,β-unsaturated/α-hetero) is 1. The number of halogens is 1. The van der Waals surface area contributed by atoms with Gasteiger partial charge in [-0.15, -0.1) is 0 Å². The van der Waals surface area contributed by atoms with E-state index in [0.29, 0.717) is 45.7 Å². The summed E-state index contributed by atoms with van der Waals surface area (Å²) in [6.45, 7) is 3.85. The Morgan fingerprint density at radius 1 is 1.18 bits per heavy atom. The van der Waals surface area contributed by atoms with E-state index in [1.807, 2.05) is 35.2 Å². The second-order valence-electron chi connectivity index (χ2n) is 7.71. The summed E-state index contributed by atoms with van der Waals surface area (Å²) in [4.78, 5) is 36.3. The van der Waals surface area contributed by atoms with Crippen LogP contribution in [0.15, 0.2) is 47.4 Å². The molecule has 1 atom stereocenters. The number of rotatable bonds is 4. The number of carbonyl (C=O) groups excluding carboxylic acids is 1. The van der Waals surface area contributed by atoms with E-state index in [4.69, 9.17) is 22.4 Å². The van der Waals surface area contributed by atoms with Crippen LogP contribution >= 0.6 is 25.1 Å². The Balaban J connectivity index is 0.00000259. The minimum absolute atomic E-state index is 0. The molecule has 0 bridgehead atoms. The predicted molar refractivity (Wildman–Crippen MR) is 132 cm³/mol. The van der Waals surface area contributed by atoms with E-state index < -0.39 is 0 Å². The zero-order valence-electron chi connectivity index (χ0n) is 18.0. The Kier molecular flexibility index (Phi) is 5.89. The van der Waals surface area contributed by atoms with Crippen LogP contribution in [0, 0.1) is 6.92 Å². The number of aryl methyl sites for hydroxylation is 1. The fourth-order valence-corrected chi connectivity index (χ4v) is 4.42. The molecule has 170 valence electrons. The third-order valence-corrected chi connectivity index (χ3v) is 6.01. The topological polar surface area (TPSA) is 111 Å². The van der Waals surface area contributed by atoms with E-state index in [-0.39, 0.29) is 36.8 Å². The minimum Gasteiger partial charge on any atom is -0.368 e. The molecular formula is C22H22ClN7O2S. The highest BCUT2D eigenvalue weighted by atomic mass is 35.5. The third kappa shape index (κ3) is 3.65. The van der Waals surface area contributed by atoms with Crippen LogP contribution in [0.5, 0.6) is 0 Å². The predicted octanol–water partition coefficient (Wildman–Crippen LogP) is 3.09. The molecule has 5 rings (SSSR count). The van der Waals surface area contributed by atoms with E-state index in [0.717, 1.165) is 6.42 Å². The standard InChI is InChI=1S/C22H20ClN7O2.H2S/c1-12-17(13(2)31)20(26-22(24)25-12)28-10-9-16(28)19-27-29-11-8-15(23)18(29)21(32)30(19)14-6-4-3-5-7-14;/h3-8,11,16H,9-10H2,1-2H3,(H2,24,25,26);1H2/t16-;/m0./s1. The molecule has 4 aromatic rings. The Bertz CT molecular complexity index is 1430. The maximum atomic E-state index is 13.5. The molecule has 11 heteroatoms. The van der Waals surface area contributed by atoms with E-state index in [2.05, 4.69) is 9.97 Å². The van der Waals surface area contributed by atoms with Crippen molar-refractivity contribution in [3.63, 3.8) is 0 Å². The molecule has 1 fully saturated rings. The second-order valence-corrected chi connectivity index (χ2v) is 8.12. The monoisotopic (exact) mass is 483 g/mol. The summed E-state index contributed by atoms with van der Waals surface area (Å²) >= 11 is 6.28. The number of aromatic nitrogens is 5. The van der Waals surface area contributed by atoms with Gasteiger partial charge in [-0.3, -0.25) is 14.2 Å². The molecular weight excluding hydrogens is 462 g/mol. The Morgan fingerprint density at radius 3 is 2.55 bits per heavy atom. The summed E-state index contributed by atoms with van der Waals surface area (Å²) in [5.41, 5.74) is 7.55. The van der Waals surface area contributed by atoms with Crippen molar-refractivity contribution in [2.45, 2.75) is 26.3 Å². The number of ketones is 1. The number of anilines is 2. The van der Waals surface area contributed by atoms with Gasteiger partial charge in [-0.1, -0.05) is 29.8 Å². The van der Waals surface area contributed by atoms with Gasteiger partial charge in [0, 0.05) is 12.7 Å². The van der Waals surface area contributed by atoms with Gasteiger partial charge in [0.2, 0.25) is 5.95 Å². The van der Waals surface area contributed by atoms with Crippen molar-refractivity contribution < 1.29 is 4.79 Å². The first kappa shape index (κ1) is 22.8. The molecule has 9 nitrogen and oxygen atoms in total. The van der Waals surface area contributed by atoms with Gasteiger partial charge in [-0.25, -0.2) is 9.50 Å². The fourth-order valence-electron chi connectivity index (χ4n) is 4.20. The highest BCUT2D eigenvalue weighted by molar-refractivity contribution is 7.59. The Morgan fingerprint density at radius 2 is 1.91 bits per heavy atom. The zero-order valence-corrected chi connectivity index (χ0v) is 19.7. The SMILES string of the molecule is CC(=O)c1c(C)nc(N)nc1N1CC[C@H]1c1nn2ccc(Cl)c2c(=O)n1-c1ccccc1.S. The molecule has 0 aliphatic carbocycles. The van der Waals surface area contributed by atoms with Crippen molar-refractivity contribution in [1.29, 1.82) is 0 Å². The van der Waals surface area contributed by atoms with Gasteiger partial charge < -0.3 is 10.6 Å². The lowest BCUT2D eigenvalue weighted by Gasteiger charge is -2.42. The molecule has 0 radical (unpaired) electrons. The van der Waals surface area contributed by atoms with Gasteiger partial charge in [0.15, 0.2) is 11.6 Å². The maximum absolute atomic E-state index is 13.5. The molecule has 0 amide bonds. The number of nitrogen functional groups attached to an aromatic ring is 1. The van der Waals surface area contributed by atoms with Gasteiger partial charge in [-0.05, 0) is 38.5 Å². The van der Waals surface area contributed by atoms with Crippen molar-refractivity contribution in [2.75, 3.05) is 17.2 Å².